The highest BCUT2D eigenvalue weighted by Gasteiger charge is 2.53. The molecule has 0 bridgehead atoms. The zero-order valence-electron chi connectivity index (χ0n) is 16.6. The van der Waals surface area contributed by atoms with Crippen LogP contribution in [0.15, 0.2) is 39.8 Å². The first-order valence-corrected chi connectivity index (χ1v) is 10.4. The Balaban J connectivity index is 1.40. The number of hydrogen-bond donors (Lipinski definition) is 0. The van der Waals surface area contributed by atoms with Crippen molar-refractivity contribution in [2.75, 3.05) is 13.1 Å². The molecule has 8 heteroatoms. The first-order valence-electron chi connectivity index (χ1n) is 10.4. The van der Waals surface area contributed by atoms with Crippen LogP contribution in [0.3, 0.4) is 0 Å². The number of hydrogen-bond acceptors (Lipinski definition) is 5. The van der Waals surface area contributed by atoms with Crippen LogP contribution in [0.1, 0.15) is 44.3 Å². The fourth-order valence-corrected chi connectivity index (χ4v) is 5.00. The molecule has 2 fully saturated rings. The van der Waals surface area contributed by atoms with Gasteiger partial charge in [0.25, 0.3) is 0 Å². The van der Waals surface area contributed by atoms with Crippen molar-refractivity contribution in [3.63, 3.8) is 0 Å². The number of likely N-dealkylation sites (tertiary alicyclic amines) is 1. The van der Waals surface area contributed by atoms with Crippen molar-refractivity contribution in [2.24, 2.45) is 5.41 Å². The molecule has 1 unspecified atom stereocenters. The van der Waals surface area contributed by atoms with Crippen molar-refractivity contribution < 1.29 is 9.21 Å². The van der Waals surface area contributed by atoms with Crippen LogP contribution in [0.25, 0.3) is 11.1 Å². The fraction of sp³-hybridized carbons (Fsp3) is 0.524. The molecule has 152 valence electrons. The van der Waals surface area contributed by atoms with Crippen molar-refractivity contribution in [2.45, 2.75) is 51.6 Å². The standard InChI is InChI=1S/C21H25N5O3/c1-2-10-24-14-22-23-19(24)15-11-25(13-21(15)8-5-9-21)18(27)12-26-16-6-3-4-7-17(16)29-20(26)28/h3-4,6-7,14-15H,2,5,8-13H2,1H3. The zero-order chi connectivity index (χ0) is 20.0. The van der Waals surface area contributed by atoms with Crippen LogP contribution in [-0.2, 0) is 17.9 Å². The molecular formula is C21H25N5O3. The monoisotopic (exact) mass is 395 g/mol. The molecule has 1 aromatic carbocycles. The summed E-state index contributed by atoms with van der Waals surface area (Å²) in [5.74, 6) is 0.658. The van der Waals surface area contributed by atoms with Gasteiger partial charge in [-0.2, -0.15) is 0 Å². The molecule has 1 atom stereocenters. The maximum Gasteiger partial charge on any atom is 0.420 e. The van der Waals surface area contributed by atoms with E-state index in [1.165, 1.54) is 11.0 Å². The zero-order valence-corrected chi connectivity index (χ0v) is 16.6. The number of aromatic nitrogens is 4. The SMILES string of the molecule is CCCn1cnnc1C1CN(C(=O)Cn2c(=O)oc3ccccc32)CC12CCC2. The van der Waals surface area contributed by atoms with Crippen LogP contribution in [0.4, 0.5) is 0 Å². The normalized spacial score (nSPS) is 20.4. The van der Waals surface area contributed by atoms with E-state index >= 15 is 0 Å². The molecule has 3 aromatic rings. The number of carbonyl (C=O) groups is 1. The Bertz CT molecular complexity index is 1110. The lowest BCUT2D eigenvalue weighted by atomic mass is 9.62. The highest BCUT2D eigenvalue weighted by Crippen LogP contribution is 2.55. The summed E-state index contributed by atoms with van der Waals surface area (Å²) in [6, 6.07) is 7.21. The molecule has 1 aliphatic heterocycles. The van der Waals surface area contributed by atoms with Crippen LogP contribution >= 0.6 is 0 Å². The van der Waals surface area contributed by atoms with Gasteiger partial charge >= 0.3 is 5.76 Å². The second kappa shape index (κ2) is 6.86. The Morgan fingerprint density at radius 2 is 2.14 bits per heavy atom. The number of aryl methyl sites for hydroxylation is 1. The molecule has 2 aliphatic rings. The number of para-hydroxylation sites is 2. The van der Waals surface area contributed by atoms with Gasteiger partial charge in [0.1, 0.15) is 18.7 Å². The smallest absolute Gasteiger partial charge is 0.408 e. The van der Waals surface area contributed by atoms with Gasteiger partial charge in [-0.05, 0) is 36.8 Å². The van der Waals surface area contributed by atoms with Crippen molar-refractivity contribution in [1.29, 1.82) is 0 Å². The van der Waals surface area contributed by atoms with E-state index in [2.05, 4.69) is 21.7 Å². The second-order valence-electron chi connectivity index (χ2n) is 8.35. The largest absolute Gasteiger partial charge is 0.420 e. The minimum Gasteiger partial charge on any atom is -0.408 e. The van der Waals surface area contributed by atoms with Crippen molar-refractivity contribution in [1.82, 2.24) is 24.2 Å². The molecule has 1 spiro atoms. The molecule has 5 rings (SSSR count). The molecule has 0 radical (unpaired) electrons. The minimum atomic E-state index is -0.489. The molecule has 2 aromatic heterocycles. The average molecular weight is 395 g/mol. The molecule has 29 heavy (non-hydrogen) atoms. The van der Waals surface area contributed by atoms with Crippen LogP contribution in [0.5, 0.6) is 0 Å². The topological polar surface area (TPSA) is 86.2 Å². The third-order valence-corrected chi connectivity index (χ3v) is 6.64. The Hall–Kier alpha value is -2.90. The van der Waals surface area contributed by atoms with E-state index in [-0.39, 0.29) is 23.8 Å². The number of nitrogens with zero attached hydrogens (tertiary/aromatic N) is 5. The summed E-state index contributed by atoms with van der Waals surface area (Å²) < 4.78 is 8.83. The van der Waals surface area contributed by atoms with Crippen LogP contribution in [0.2, 0.25) is 0 Å². The summed E-state index contributed by atoms with van der Waals surface area (Å²) in [5, 5.41) is 8.56. The van der Waals surface area contributed by atoms with Crippen molar-refractivity contribution >= 4 is 17.0 Å². The predicted octanol–water partition coefficient (Wildman–Crippen LogP) is 2.39. The molecule has 1 saturated carbocycles. The maximum atomic E-state index is 13.1. The lowest BCUT2D eigenvalue weighted by Crippen LogP contribution is -2.39. The number of oxazole rings is 1. The van der Waals surface area contributed by atoms with Gasteiger partial charge in [0.15, 0.2) is 5.58 Å². The lowest BCUT2D eigenvalue weighted by Gasteiger charge is -2.42. The molecule has 1 aliphatic carbocycles. The molecule has 0 N–H and O–H groups in total. The highest BCUT2D eigenvalue weighted by atomic mass is 16.4. The highest BCUT2D eigenvalue weighted by molar-refractivity contribution is 5.80. The third kappa shape index (κ3) is 2.89. The van der Waals surface area contributed by atoms with Gasteiger partial charge in [0.2, 0.25) is 5.91 Å². The summed E-state index contributed by atoms with van der Waals surface area (Å²) in [6.07, 6.45) is 6.22. The molecule has 3 heterocycles. The Morgan fingerprint density at radius 3 is 2.90 bits per heavy atom. The predicted molar refractivity (Wildman–Crippen MR) is 106 cm³/mol. The quantitative estimate of drug-likeness (QED) is 0.662. The second-order valence-corrected chi connectivity index (χ2v) is 8.35. The molecule has 1 amide bonds. The van der Waals surface area contributed by atoms with E-state index in [1.54, 1.807) is 18.5 Å². The molecular weight excluding hydrogens is 370 g/mol. The van der Waals surface area contributed by atoms with Gasteiger partial charge in [-0.15, -0.1) is 10.2 Å². The number of amides is 1. The number of rotatable bonds is 5. The van der Waals surface area contributed by atoms with Crippen LogP contribution in [0, 0.1) is 5.41 Å². The Labute approximate surface area is 168 Å². The maximum absolute atomic E-state index is 13.1. The number of benzene rings is 1. The Kier molecular flexibility index (Phi) is 4.29. The van der Waals surface area contributed by atoms with Gasteiger partial charge in [0.05, 0.1) is 5.52 Å². The molecule has 8 nitrogen and oxygen atoms in total. The van der Waals surface area contributed by atoms with E-state index in [9.17, 15) is 9.59 Å². The van der Waals surface area contributed by atoms with Crippen LogP contribution < -0.4 is 5.76 Å². The summed E-state index contributed by atoms with van der Waals surface area (Å²) in [5.41, 5.74) is 1.26. The van der Waals surface area contributed by atoms with Crippen molar-refractivity contribution in [3.8, 4) is 0 Å². The van der Waals surface area contributed by atoms with E-state index in [0.29, 0.717) is 17.6 Å². The van der Waals surface area contributed by atoms with Gasteiger partial charge in [-0.25, -0.2) is 4.79 Å². The first-order chi connectivity index (χ1) is 14.1. The van der Waals surface area contributed by atoms with Gasteiger partial charge in [0, 0.05) is 25.6 Å². The van der Waals surface area contributed by atoms with Crippen LogP contribution in [-0.4, -0.2) is 43.2 Å². The van der Waals surface area contributed by atoms with E-state index < -0.39 is 5.76 Å². The fourth-order valence-electron chi connectivity index (χ4n) is 5.00. The first kappa shape index (κ1) is 18.1. The van der Waals surface area contributed by atoms with Gasteiger partial charge in [-0.1, -0.05) is 25.5 Å². The Morgan fingerprint density at radius 1 is 1.31 bits per heavy atom. The van der Waals surface area contributed by atoms with E-state index in [4.69, 9.17) is 4.42 Å². The third-order valence-electron chi connectivity index (χ3n) is 6.64. The summed E-state index contributed by atoms with van der Waals surface area (Å²) in [4.78, 5) is 27.3. The van der Waals surface area contributed by atoms with Crippen molar-refractivity contribution in [3.05, 3.63) is 47.0 Å². The summed E-state index contributed by atoms with van der Waals surface area (Å²) in [7, 11) is 0. The van der Waals surface area contributed by atoms with E-state index in [1.807, 2.05) is 17.0 Å². The average Bonchev–Trinajstić information content (AvgIpc) is 3.37. The van der Waals surface area contributed by atoms with Gasteiger partial charge in [-0.3, -0.25) is 9.36 Å². The summed E-state index contributed by atoms with van der Waals surface area (Å²) in [6.45, 7) is 4.38. The van der Waals surface area contributed by atoms with E-state index in [0.717, 1.165) is 38.2 Å². The minimum absolute atomic E-state index is 0.000295. The molecule has 1 saturated heterocycles. The summed E-state index contributed by atoms with van der Waals surface area (Å²) >= 11 is 0. The van der Waals surface area contributed by atoms with Gasteiger partial charge < -0.3 is 13.9 Å². The number of fused-ring (bicyclic) bond motifs is 1. The lowest BCUT2D eigenvalue weighted by molar-refractivity contribution is -0.131. The number of carbonyl (C=O) groups excluding carboxylic acids is 1.